The fourth-order valence-electron chi connectivity index (χ4n) is 2.63. The van der Waals surface area contributed by atoms with Crippen molar-refractivity contribution in [3.05, 3.63) is 53.6 Å². The van der Waals surface area contributed by atoms with Gasteiger partial charge in [0.15, 0.2) is 0 Å². The Morgan fingerprint density at radius 2 is 1.95 bits per heavy atom. The highest BCUT2D eigenvalue weighted by Gasteiger charge is 2.21. The SMILES string of the molecule is Cc1cc2c(cc1N)N=CCN2[C@@H](C)c1ccccc1. The minimum Gasteiger partial charge on any atom is -0.398 e. The van der Waals surface area contributed by atoms with Crippen LogP contribution in [0.15, 0.2) is 47.5 Å². The maximum absolute atomic E-state index is 5.98. The minimum absolute atomic E-state index is 0.310. The first-order chi connectivity index (χ1) is 9.66. The summed E-state index contributed by atoms with van der Waals surface area (Å²) in [5.74, 6) is 0. The third-order valence-electron chi connectivity index (χ3n) is 3.93. The molecule has 0 aliphatic carbocycles. The van der Waals surface area contributed by atoms with Crippen LogP contribution in [0.2, 0.25) is 0 Å². The van der Waals surface area contributed by atoms with Gasteiger partial charge in [-0.2, -0.15) is 0 Å². The van der Waals surface area contributed by atoms with Crippen LogP contribution in [0.25, 0.3) is 0 Å². The number of aryl methyl sites for hydroxylation is 1. The van der Waals surface area contributed by atoms with Crippen molar-refractivity contribution in [2.24, 2.45) is 4.99 Å². The van der Waals surface area contributed by atoms with Gasteiger partial charge >= 0.3 is 0 Å². The van der Waals surface area contributed by atoms with E-state index in [0.29, 0.717) is 6.04 Å². The summed E-state index contributed by atoms with van der Waals surface area (Å²) in [5.41, 5.74) is 11.3. The number of nitrogen functional groups attached to an aromatic ring is 1. The second-order valence-electron chi connectivity index (χ2n) is 5.25. The molecule has 1 heterocycles. The molecule has 0 radical (unpaired) electrons. The Morgan fingerprint density at radius 3 is 2.70 bits per heavy atom. The zero-order valence-electron chi connectivity index (χ0n) is 11.9. The highest BCUT2D eigenvalue weighted by Crippen LogP contribution is 2.38. The molecule has 3 heteroatoms. The summed E-state index contributed by atoms with van der Waals surface area (Å²) in [4.78, 5) is 6.84. The van der Waals surface area contributed by atoms with Crippen molar-refractivity contribution in [3.63, 3.8) is 0 Å². The smallest absolute Gasteiger partial charge is 0.0880 e. The zero-order valence-corrected chi connectivity index (χ0v) is 11.9. The van der Waals surface area contributed by atoms with Crippen LogP contribution >= 0.6 is 0 Å². The van der Waals surface area contributed by atoms with E-state index in [1.54, 1.807) is 0 Å². The fraction of sp³-hybridized carbons (Fsp3) is 0.235. The van der Waals surface area contributed by atoms with Crippen LogP contribution in [0.1, 0.15) is 24.1 Å². The number of nitrogens with zero attached hydrogens (tertiary/aromatic N) is 2. The molecule has 2 aromatic carbocycles. The molecular weight excluding hydrogens is 246 g/mol. The van der Waals surface area contributed by atoms with Gasteiger partial charge in [0.2, 0.25) is 0 Å². The molecule has 3 nitrogen and oxygen atoms in total. The molecule has 0 spiro atoms. The van der Waals surface area contributed by atoms with Crippen molar-refractivity contribution in [1.82, 2.24) is 0 Å². The molecule has 2 aromatic rings. The predicted molar refractivity (Wildman–Crippen MR) is 85.9 cm³/mol. The van der Waals surface area contributed by atoms with Gasteiger partial charge in [0.25, 0.3) is 0 Å². The Kier molecular flexibility index (Phi) is 3.18. The standard InChI is InChI=1S/C17H19N3/c1-12-10-17-16(11-15(12)18)19-8-9-20(17)13(2)14-6-4-3-5-7-14/h3-8,10-11,13H,9,18H2,1-2H3/t13-/m0/s1. The lowest BCUT2D eigenvalue weighted by Crippen LogP contribution is -2.30. The van der Waals surface area contributed by atoms with Crippen molar-refractivity contribution in [2.45, 2.75) is 19.9 Å². The van der Waals surface area contributed by atoms with Gasteiger partial charge in [0, 0.05) is 11.9 Å². The van der Waals surface area contributed by atoms with E-state index in [0.717, 1.165) is 29.2 Å². The van der Waals surface area contributed by atoms with E-state index < -0.39 is 0 Å². The van der Waals surface area contributed by atoms with E-state index in [4.69, 9.17) is 5.73 Å². The summed E-state index contributed by atoms with van der Waals surface area (Å²) < 4.78 is 0. The molecule has 0 fully saturated rings. The molecule has 0 bridgehead atoms. The molecule has 3 rings (SSSR count). The van der Waals surface area contributed by atoms with Crippen LogP contribution in [-0.4, -0.2) is 12.8 Å². The van der Waals surface area contributed by atoms with Crippen molar-refractivity contribution >= 4 is 23.3 Å². The first-order valence-electron chi connectivity index (χ1n) is 6.91. The average Bonchev–Trinajstić information content (AvgIpc) is 2.48. The van der Waals surface area contributed by atoms with E-state index in [9.17, 15) is 0 Å². The van der Waals surface area contributed by atoms with Crippen LogP contribution in [0.5, 0.6) is 0 Å². The first kappa shape index (κ1) is 12.7. The maximum Gasteiger partial charge on any atom is 0.0880 e. The van der Waals surface area contributed by atoms with Crippen LogP contribution < -0.4 is 10.6 Å². The summed E-state index contributed by atoms with van der Waals surface area (Å²) in [5, 5.41) is 0. The second-order valence-corrected chi connectivity index (χ2v) is 5.25. The quantitative estimate of drug-likeness (QED) is 0.838. The van der Waals surface area contributed by atoms with Crippen LogP contribution in [-0.2, 0) is 0 Å². The predicted octanol–water partition coefficient (Wildman–Crippen LogP) is 3.86. The molecule has 0 saturated heterocycles. The number of nitrogens with two attached hydrogens (primary N) is 1. The second kappa shape index (κ2) is 5.00. The average molecular weight is 265 g/mol. The van der Waals surface area contributed by atoms with Crippen LogP contribution in [0, 0.1) is 6.92 Å². The lowest BCUT2D eigenvalue weighted by Gasteiger charge is -2.34. The van der Waals surface area contributed by atoms with Gasteiger partial charge in [0.1, 0.15) is 0 Å². The Bertz CT molecular complexity index is 647. The van der Waals surface area contributed by atoms with Crippen molar-refractivity contribution in [2.75, 3.05) is 17.2 Å². The number of rotatable bonds is 2. The summed E-state index contributed by atoms with van der Waals surface area (Å²) in [6.45, 7) is 5.09. The highest BCUT2D eigenvalue weighted by molar-refractivity contribution is 5.84. The van der Waals surface area contributed by atoms with Gasteiger partial charge in [-0.25, -0.2) is 0 Å². The first-order valence-corrected chi connectivity index (χ1v) is 6.91. The summed E-state index contributed by atoms with van der Waals surface area (Å²) in [6, 6.07) is 15.0. The molecule has 1 aliphatic heterocycles. The molecule has 0 aromatic heterocycles. The fourth-order valence-corrected chi connectivity index (χ4v) is 2.63. The zero-order chi connectivity index (χ0) is 14.1. The molecule has 0 amide bonds. The Morgan fingerprint density at radius 1 is 1.20 bits per heavy atom. The van der Waals surface area contributed by atoms with Crippen LogP contribution in [0.3, 0.4) is 0 Å². The summed E-state index contributed by atoms with van der Waals surface area (Å²) >= 11 is 0. The normalized spacial score (nSPS) is 15.0. The number of fused-ring (bicyclic) bond motifs is 1. The van der Waals surface area contributed by atoms with E-state index >= 15 is 0 Å². The Hall–Kier alpha value is -2.29. The molecule has 1 aliphatic rings. The van der Waals surface area contributed by atoms with Gasteiger partial charge in [-0.05, 0) is 37.1 Å². The Balaban J connectivity index is 2.02. The molecule has 2 N–H and O–H groups in total. The molecular formula is C17H19N3. The van der Waals surface area contributed by atoms with Crippen molar-refractivity contribution in [1.29, 1.82) is 0 Å². The van der Waals surface area contributed by atoms with E-state index in [2.05, 4.69) is 47.1 Å². The van der Waals surface area contributed by atoms with Gasteiger partial charge < -0.3 is 10.6 Å². The van der Waals surface area contributed by atoms with Gasteiger partial charge in [-0.3, -0.25) is 4.99 Å². The number of aliphatic imine (C=N–C) groups is 1. The third-order valence-corrected chi connectivity index (χ3v) is 3.93. The maximum atomic E-state index is 5.98. The highest BCUT2D eigenvalue weighted by atomic mass is 15.2. The van der Waals surface area contributed by atoms with E-state index in [-0.39, 0.29) is 0 Å². The number of anilines is 2. The number of benzene rings is 2. The molecule has 20 heavy (non-hydrogen) atoms. The van der Waals surface area contributed by atoms with Crippen molar-refractivity contribution in [3.8, 4) is 0 Å². The number of hydrogen-bond acceptors (Lipinski definition) is 3. The molecule has 102 valence electrons. The van der Waals surface area contributed by atoms with Gasteiger partial charge in [-0.15, -0.1) is 0 Å². The van der Waals surface area contributed by atoms with Gasteiger partial charge in [-0.1, -0.05) is 30.3 Å². The largest absolute Gasteiger partial charge is 0.398 e. The van der Waals surface area contributed by atoms with Crippen molar-refractivity contribution < 1.29 is 0 Å². The van der Waals surface area contributed by atoms with E-state index in [1.165, 1.54) is 5.56 Å². The topological polar surface area (TPSA) is 41.6 Å². The lowest BCUT2D eigenvalue weighted by atomic mass is 10.0. The molecule has 0 saturated carbocycles. The van der Waals surface area contributed by atoms with Crippen LogP contribution in [0.4, 0.5) is 17.1 Å². The van der Waals surface area contributed by atoms with E-state index in [1.807, 2.05) is 25.3 Å². The number of hydrogen-bond donors (Lipinski definition) is 1. The molecule has 1 atom stereocenters. The third kappa shape index (κ3) is 2.16. The Labute approximate surface area is 119 Å². The minimum atomic E-state index is 0.310. The van der Waals surface area contributed by atoms with Gasteiger partial charge in [0.05, 0.1) is 24.0 Å². The summed E-state index contributed by atoms with van der Waals surface area (Å²) in [7, 11) is 0. The monoisotopic (exact) mass is 265 g/mol. The molecule has 0 unspecified atom stereocenters. The lowest BCUT2D eigenvalue weighted by molar-refractivity contribution is 0.717. The summed E-state index contributed by atoms with van der Waals surface area (Å²) in [6.07, 6.45) is 1.95.